The van der Waals surface area contributed by atoms with Crippen molar-refractivity contribution in [3.8, 4) is 17.0 Å². The molecule has 1 aliphatic rings. The van der Waals surface area contributed by atoms with Crippen LogP contribution >= 0.6 is 0 Å². The van der Waals surface area contributed by atoms with Crippen LogP contribution in [0.15, 0.2) is 54.6 Å². The fraction of sp³-hybridized carbons (Fsp3) is 0.292. The van der Waals surface area contributed by atoms with Gasteiger partial charge < -0.3 is 10.1 Å². The van der Waals surface area contributed by atoms with Crippen molar-refractivity contribution in [1.29, 1.82) is 0 Å². The van der Waals surface area contributed by atoms with Crippen molar-refractivity contribution in [2.24, 2.45) is 0 Å². The first-order valence-electron chi connectivity index (χ1n) is 9.62. The fourth-order valence-electron chi connectivity index (χ4n) is 3.47. The fourth-order valence-corrected chi connectivity index (χ4v) is 3.47. The van der Waals surface area contributed by atoms with Crippen LogP contribution in [0.25, 0.3) is 11.3 Å². The topological polar surface area (TPSA) is 34.1 Å². The van der Waals surface area contributed by atoms with Crippen molar-refractivity contribution in [3.63, 3.8) is 0 Å². The Balaban J connectivity index is 1.53. The lowest BCUT2D eigenvalue weighted by molar-refractivity contribution is 0.304. The molecule has 2 aromatic carbocycles. The van der Waals surface area contributed by atoms with E-state index >= 15 is 0 Å². The number of pyridine rings is 1. The summed E-state index contributed by atoms with van der Waals surface area (Å²) in [4.78, 5) is 4.85. The molecule has 0 saturated heterocycles. The van der Waals surface area contributed by atoms with Crippen LogP contribution in [0.1, 0.15) is 41.1 Å². The molecule has 1 aliphatic carbocycles. The second-order valence-corrected chi connectivity index (χ2v) is 7.34. The van der Waals surface area contributed by atoms with Crippen molar-refractivity contribution in [3.05, 3.63) is 77.0 Å². The number of nitrogens with one attached hydrogen (secondary N) is 1. The van der Waals surface area contributed by atoms with E-state index in [0.717, 1.165) is 28.3 Å². The summed E-state index contributed by atoms with van der Waals surface area (Å²) in [7, 11) is 1.95. The Kier molecular flexibility index (Phi) is 4.85. The standard InChI is InChI=1S/C24H26N2O/c1-16-6-4-9-23(25-3)20(16)15-27-24-13-12-19(14-17(24)2)22-8-5-7-21(26-22)18-10-11-18/h4-9,12-14,18,25H,10-11,15H2,1-3H3. The summed E-state index contributed by atoms with van der Waals surface area (Å²) in [5.74, 6) is 1.59. The highest BCUT2D eigenvalue weighted by molar-refractivity contribution is 5.62. The minimum Gasteiger partial charge on any atom is -0.489 e. The van der Waals surface area contributed by atoms with E-state index < -0.39 is 0 Å². The van der Waals surface area contributed by atoms with Crippen LogP contribution in [0.3, 0.4) is 0 Å². The van der Waals surface area contributed by atoms with E-state index in [1.54, 1.807) is 0 Å². The highest BCUT2D eigenvalue weighted by Crippen LogP contribution is 2.39. The molecule has 27 heavy (non-hydrogen) atoms. The number of rotatable bonds is 6. The molecule has 0 unspecified atom stereocenters. The molecular formula is C24H26N2O. The normalized spacial score (nSPS) is 13.4. The maximum Gasteiger partial charge on any atom is 0.122 e. The first-order valence-corrected chi connectivity index (χ1v) is 9.62. The van der Waals surface area contributed by atoms with Crippen LogP contribution in [0.5, 0.6) is 5.75 Å². The number of benzene rings is 2. The van der Waals surface area contributed by atoms with Gasteiger partial charge in [-0.05, 0) is 74.2 Å². The summed E-state index contributed by atoms with van der Waals surface area (Å²) in [6, 6.07) is 19.0. The smallest absolute Gasteiger partial charge is 0.122 e. The average molecular weight is 358 g/mol. The van der Waals surface area contributed by atoms with Crippen molar-refractivity contribution in [2.45, 2.75) is 39.2 Å². The number of ether oxygens (including phenoxy) is 1. The van der Waals surface area contributed by atoms with Crippen LogP contribution in [-0.4, -0.2) is 12.0 Å². The van der Waals surface area contributed by atoms with Crippen LogP contribution in [-0.2, 0) is 6.61 Å². The van der Waals surface area contributed by atoms with Gasteiger partial charge in [-0.1, -0.05) is 18.2 Å². The van der Waals surface area contributed by atoms with Gasteiger partial charge in [-0.15, -0.1) is 0 Å². The highest BCUT2D eigenvalue weighted by Gasteiger charge is 2.25. The molecule has 3 aromatic rings. The summed E-state index contributed by atoms with van der Waals surface area (Å²) in [5, 5.41) is 3.25. The third-order valence-corrected chi connectivity index (χ3v) is 5.29. The molecule has 1 aromatic heterocycles. The third-order valence-electron chi connectivity index (χ3n) is 5.29. The zero-order valence-corrected chi connectivity index (χ0v) is 16.3. The Morgan fingerprint density at radius 2 is 1.81 bits per heavy atom. The van der Waals surface area contributed by atoms with Crippen molar-refractivity contribution < 1.29 is 4.74 Å². The molecule has 1 fully saturated rings. The number of hydrogen-bond acceptors (Lipinski definition) is 3. The van der Waals surface area contributed by atoms with Gasteiger partial charge in [0.2, 0.25) is 0 Å². The van der Waals surface area contributed by atoms with E-state index in [0.29, 0.717) is 12.5 Å². The lowest BCUT2D eigenvalue weighted by Crippen LogP contribution is -2.03. The van der Waals surface area contributed by atoms with Crippen LogP contribution < -0.4 is 10.1 Å². The molecule has 3 heteroatoms. The van der Waals surface area contributed by atoms with E-state index in [1.165, 1.54) is 29.7 Å². The molecule has 1 heterocycles. The van der Waals surface area contributed by atoms with Gasteiger partial charge in [-0.3, -0.25) is 4.98 Å². The molecule has 1 saturated carbocycles. The molecule has 0 amide bonds. The summed E-state index contributed by atoms with van der Waals surface area (Å²) >= 11 is 0. The Morgan fingerprint density at radius 1 is 1.00 bits per heavy atom. The largest absolute Gasteiger partial charge is 0.489 e. The molecule has 0 aliphatic heterocycles. The number of aryl methyl sites for hydroxylation is 2. The van der Waals surface area contributed by atoms with Gasteiger partial charge in [-0.2, -0.15) is 0 Å². The van der Waals surface area contributed by atoms with E-state index in [2.05, 4.69) is 73.8 Å². The average Bonchev–Trinajstić information content (AvgIpc) is 3.53. The Morgan fingerprint density at radius 3 is 2.56 bits per heavy atom. The summed E-state index contributed by atoms with van der Waals surface area (Å²) in [5.41, 5.74) is 8.10. The summed E-state index contributed by atoms with van der Waals surface area (Å²) in [6.45, 7) is 4.77. The predicted molar refractivity (Wildman–Crippen MR) is 111 cm³/mol. The Labute approximate surface area is 161 Å². The van der Waals surface area contributed by atoms with Crippen molar-refractivity contribution in [1.82, 2.24) is 4.98 Å². The molecule has 0 radical (unpaired) electrons. The van der Waals surface area contributed by atoms with Crippen LogP contribution in [0.2, 0.25) is 0 Å². The summed E-state index contributed by atoms with van der Waals surface area (Å²) < 4.78 is 6.15. The van der Waals surface area contributed by atoms with Gasteiger partial charge in [0.15, 0.2) is 0 Å². The van der Waals surface area contributed by atoms with Gasteiger partial charge in [0.1, 0.15) is 12.4 Å². The van der Waals surface area contributed by atoms with Gasteiger partial charge in [-0.25, -0.2) is 0 Å². The molecule has 4 rings (SSSR count). The second kappa shape index (κ2) is 7.43. The molecule has 0 bridgehead atoms. The minimum atomic E-state index is 0.554. The maximum atomic E-state index is 6.15. The zero-order chi connectivity index (χ0) is 18.8. The Hall–Kier alpha value is -2.81. The Bertz CT molecular complexity index is 960. The number of aromatic nitrogens is 1. The third kappa shape index (κ3) is 3.82. The molecule has 3 nitrogen and oxygen atoms in total. The number of nitrogens with zero attached hydrogens (tertiary/aromatic N) is 1. The van der Waals surface area contributed by atoms with E-state index in [9.17, 15) is 0 Å². The van der Waals surface area contributed by atoms with Gasteiger partial charge in [0.25, 0.3) is 0 Å². The van der Waals surface area contributed by atoms with E-state index in [1.807, 2.05) is 7.05 Å². The maximum absolute atomic E-state index is 6.15. The van der Waals surface area contributed by atoms with Gasteiger partial charge >= 0.3 is 0 Å². The highest BCUT2D eigenvalue weighted by atomic mass is 16.5. The van der Waals surface area contributed by atoms with Gasteiger partial charge in [0.05, 0.1) is 5.69 Å². The van der Waals surface area contributed by atoms with Crippen molar-refractivity contribution in [2.75, 3.05) is 12.4 Å². The monoisotopic (exact) mass is 358 g/mol. The molecule has 0 atom stereocenters. The first kappa shape index (κ1) is 17.6. The van der Waals surface area contributed by atoms with Gasteiger partial charge in [0, 0.05) is 35.5 Å². The molecular weight excluding hydrogens is 332 g/mol. The van der Waals surface area contributed by atoms with Crippen LogP contribution in [0.4, 0.5) is 5.69 Å². The van der Waals surface area contributed by atoms with Crippen LogP contribution in [0, 0.1) is 13.8 Å². The molecule has 1 N–H and O–H groups in total. The number of hydrogen-bond donors (Lipinski definition) is 1. The van der Waals surface area contributed by atoms with E-state index in [4.69, 9.17) is 9.72 Å². The summed E-state index contributed by atoms with van der Waals surface area (Å²) in [6.07, 6.45) is 2.55. The molecule has 0 spiro atoms. The SMILES string of the molecule is CNc1cccc(C)c1COc1ccc(-c2cccc(C3CC3)n2)cc1C. The number of anilines is 1. The van der Waals surface area contributed by atoms with Crippen molar-refractivity contribution >= 4 is 5.69 Å². The zero-order valence-electron chi connectivity index (χ0n) is 16.3. The molecule has 138 valence electrons. The first-order chi connectivity index (χ1) is 13.2. The quantitative estimate of drug-likeness (QED) is 0.599. The lowest BCUT2D eigenvalue weighted by atomic mass is 10.1. The predicted octanol–water partition coefficient (Wildman–Crippen LogP) is 5.86. The minimum absolute atomic E-state index is 0.554. The lowest BCUT2D eigenvalue weighted by Gasteiger charge is -2.15. The van der Waals surface area contributed by atoms with E-state index in [-0.39, 0.29) is 0 Å². The second-order valence-electron chi connectivity index (χ2n) is 7.34.